The molecule has 208 valence electrons. The third kappa shape index (κ3) is 5.22. The number of nitro benzene ring substituents is 1. The van der Waals surface area contributed by atoms with Gasteiger partial charge in [0.25, 0.3) is 5.69 Å². The lowest BCUT2D eigenvalue weighted by Gasteiger charge is -2.52. The lowest BCUT2D eigenvalue weighted by atomic mass is 9.80. The molecular weight excluding hydrogens is 514 g/mol. The number of nitro groups is 1. The van der Waals surface area contributed by atoms with Crippen LogP contribution in [-0.4, -0.2) is 57.7 Å². The van der Waals surface area contributed by atoms with Crippen molar-refractivity contribution < 1.29 is 14.8 Å². The Morgan fingerprint density at radius 3 is 2.50 bits per heavy atom. The Morgan fingerprint density at radius 2 is 1.80 bits per heavy atom. The molecule has 5 rings (SSSR count). The molecule has 0 atom stereocenters. The molecule has 1 aliphatic heterocycles. The maximum atomic E-state index is 11.2. The van der Waals surface area contributed by atoms with Gasteiger partial charge < -0.3 is 20.1 Å². The van der Waals surface area contributed by atoms with Crippen LogP contribution in [0.25, 0.3) is 16.7 Å². The zero-order chi connectivity index (χ0) is 28.7. The molecule has 0 bridgehead atoms. The number of nitrogens with one attached hydrogen (secondary N) is 1. The summed E-state index contributed by atoms with van der Waals surface area (Å²) in [6.07, 6.45) is 4.74. The summed E-state index contributed by atoms with van der Waals surface area (Å²) in [6, 6.07) is 9.12. The van der Waals surface area contributed by atoms with Crippen molar-refractivity contribution in [1.29, 1.82) is 0 Å². The number of non-ortho nitro benzene ring substituents is 1. The topological polar surface area (TPSA) is 157 Å². The van der Waals surface area contributed by atoms with Gasteiger partial charge in [0, 0.05) is 28.9 Å². The van der Waals surface area contributed by atoms with Gasteiger partial charge >= 0.3 is 6.01 Å². The van der Waals surface area contributed by atoms with Gasteiger partial charge in [-0.2, -0.15) is 15.0 Å². The fourth-order valence-corrected chi connectivity index (χ4v) is 5.25. The van der Waals surface area contributed by atoms with Crippen molar-refractivity contribution in [2.24, 2.45) is 0 Å². The highest BCUT2D eigenvalue weighted by Crippen LogP contribution is 2.41. The number of phenolic OH excluding ortho intramolecular Hbond substituents is 1. The van der Waals surface area contributed by atoms with E-state index in [0.717, 1.165) is 19.3 Å². The zero-order valence-electron chi connectivity index (χ0n) is 22.8. The van der Waals surface area contributed by atoms with E-state index in [1.807, 2.05) is 0 Å². The predicted octanol–water partition coefficient (Wildman–Crippen LogP) is 5.08. The smallest absolute Gasteiger partial charge is 0.323 e. The summed E-state index contributed by atoms with van der Waals surface area (Å²) in [5.74, 6) is 0.626. The van der Waals surface area contributed by atoms with Gasteiger partial charge in [-0.05, 0) is 71.2 Å². The fourth-order valence-electron chi connectivity index (χ4n) is 5.25. The molecule has 13 heteroatoms. The number of ether oxygens (including phenoxy) is 1. The van der Waals surface area contributed by atoms with Crippen LogP contribution in [0.3, 0.4) is 0 Å². The normalized spacial score (nSPS) is 16.1. The van der Waals surface area contributed by atoms with E-state index in [2.05, 4.69) is 64.7 Å². The molecule has 3 heterocycles. The molecule has 0 unspecified atom stereocenters. The first-order valence-corrected chi connectivity index (χ1v) is 12.9. The minimum atomic E-state index is -0.545. The van der Waals surface area contributed by atoms with Crippen molar-refractivity contribution in [1.82, 2.24) is 29.9 Å². The van der Waals surface area contributed by atoms with Crippen molar-refractivity contribution in [3.63, 3.8) is 0 Å². The molecule has 1 fully saturated rings. The predicted molar refractivity (Wildman–Crippen MR) is 150 cm³/mol. The molecule has 40 heavy (non-hydrogen) atoms. The Hall–Kier alpha value is -4.81. The molecule has 2 aromatic heterocycles. The highest BCUT2D eigenvalue weighted by atomic mass is 16.6. The number of piperidine rings is 1. The number of aromatic hydroxyl groups is 1. The van der Waals surface area contributed by atoms with E-state index in [-0.39, 0.29) is 40.8 Å². The second-order valence-corrected chi connectivity index (χ2v) is 10.9. The Morgan fingerprint density at radius 1 is 1.07 bits per heavy atom. The van der Waals surface area contributed by atoms with Crippen LogP contribution in [0.5, 0.6) is 11.8 Å². The van der Waals surface area contributed by atoms with Gasteiger partial charge in [-0.25, -0.2) is 0 Å². The number of nitrogens with zero attached hydrogens (tertiary/aromatic N) is 8. The van der Waals surface area contributed by atoms with Crippen molar-refractivity contribution in [3.05, 3.63) is 59.2 Å². The van der Waals surface area contributed by atoms with Gasteiger partial charge in [0.1, 0.15) is 29.1 Å². The van der Waals surface area contributed by atoms with E-state index in [9.17, 15) is 15.2 Å². The molecule has 1 saturated heterocycles. The molecule has 0 radical (unpaired) electrons. The molecule has 4 aromatic rings. The minimum Gasteiger partial charge on any atom is -0.506 e. The van der Waals surface area contributed by atoms with Gasteiger partial charge in [-0.1, -0.05) is 12.7 Å². The summed E-state index contributed by atoms with van der Waals surface area (Å²) < 4.78 is 5.72. The van der Waals surface area contributed by atoms with Crippen LogP contribution in [0.1, 0.15) is 47.0 Å². The second kappa shape index (κ2) is 10.1. The number of benzene rings is 2. The third-order valence-corrected chi connectivity index (χ3v) is 6.94. The number of rotatable bonds is 8. The van der Waals surface area contributed by atoms with E-state index in [1.165, 1.54) is 23.0 Å². The molecule has 0 aliphatic carbocycles. The highest BCUT2D eigenvalue weighted by Gasteiger charge is 2.43. The molecule has 13 nitrogen and oxygen atoms in total. The Bertz CT molecular complexity index is 1580. The summed E-state index contributed by atoms with van der Waals surface area (Å²) in [4.78, 5) is 27.9. The van der Waals surface area contributed by atoms with Crippen LogP contribution in [0, 0.1) is 10.1 Å². The molecule has 0 spiro atoms. The standard InChI is InChI=1S/C27H31N9O4/c1-6-14-40-25-30-23(29-24(31-25)34-26(2,3)12-7-13-27(34,4)5)28-17-8-10-19-20(15-17)33-35(32-19)21-16-18(36(38)39)9-11-22(21)37/h6,8-11,15-16,37H,1,7,12-14H2,2-5H3,(H,28,29,30,31). The number of hydrogen-bond donors (Lipinski definition) is 2. The maximum absolute atomic E-state index is 11.2. The Labute approximate surface area is 230 Å². The number of hydrogen-bond acceptors (Lipinski definition) is 11. The van der Waals surface area contributed by atoms with E-state index in [1.54, 1.807) is 24.3 Å². The van der Waals surface area contributed by atoms with Gasteiger partial charge in [-0.3, -0.25) is 10.1 Å². The lowest BCUT2D eigenvalue weighted by Crippen LogP contribution is -2.59. The van der Waals surface area contributed by atoms with Crippen LogP contribution < -0.4 is 15.0 Å². The summed E-state index contributed by atoms with van der Waals surface area (Å²) in [5, 5.41) is 33.5. The van der Waals surface area contributed by atoms with Gasteiger partial charge in [0.15, 0.2) is 0 Å². The van der Waals surface area contributed by atoms with Crippen LogP contribution in [0.15, 0.2) is 49.1 Å². The molecular formula is C27H31N9O4. The second-order valence-electron chi connectivity index (χ2n) is 10.9. The van der Waals surface area contributed by atoms with E-state index >= 15 is 0 Å². The summed E-state index contributed by atoms with van der Waals surface area (Å²) in [7, 11) is 0. The summed E-state index contributed by atoms with van der Waals surface area (Å²) in [6.45, 7) is 12.7. The summed E-state index contributed by atoms with van der Waals surface area (Å²) >= 11 is 0. The van der Waals surface area contributed by atoms with Crippen molar-refractivity contribution >= 4 is 34.3 Å². The van der Waals surface area contributed by atoms with Crippen LogP contribution in [-0.2, 0) is 0 Å². The van der Waals surface area contributed by atoms with Gasteiger partial charge in [-0.15, -0.1) is 15.0 Å². The molecule has 2 N–H and O–H groups in total. The molecule has 1 aliphatic rings. The van der Waals surface area contributed by atoms with Crippen molar-refractivity contribution in [2.75, 3.05) is 16.8 Å². The minimum absolute atomic E-state index is 0.0952. The van der Waals surface area contributed by atoms with E-state index < -0.39 is 4.92 Å². The zero-order valence-corrected chi connectivity index (χ0v) is 22.8. The number of anilines is 3. The lowest BCUT2D eigenvalue weighted by molar-refractivity contribution is -0.384. The first-order chi connectivity index (χ1) is 19.0. The van der Waals surface area contributed by atoms with E-state index in [0.29, 0.717) is 28.6 Å². The third-order valence-electron chi connectivity index (χ3n) is 6.94. The van der Waals surface area contributed by atoms with E-state index in [4.69, 9.17) is 9.72 Å². The largest absolute Gasteiger partial charge is 0.506 e. The quantitative estimate of drug-likeness (QED) is 0.173. The van der Waals surface area contributed by atoms with Gasteiger partial charge in [0.05, 0.1) is 4.92 Å². The van der Waals surface area contributed by atoms with Crippen molar-refractivity contribution in [2.45, 2.75) is 58.0 Å². The SMILES string of the molecule is C=CCOc1nc(Nc2ccc3nn(-c4cc([N+](=O)[O-])ccc4O)nc3c2)nc(N2C(C)(C)CCCC2(C)C)n1. The molecule has 0 amide bonds. The van der Waals surface area contributed by atoms with Gasteiger partial charge in [0.2, 0.25) is 11.9 Å². The van der Waals surface area contributed by atoms with Crippen LogP contribution in [0.4, 0.5) is 23.3 Å². The Balaban J connectivity index is 1.50. The summed E-state index contributed by atoms with van der Waals surface area (Å²) in [5.41, 5.74) is 1.21. The fraction of sp³-hybridized carbons (Fsp3) is 0.370. The van der Waals surface area contributed by atoms with Crippen LogP contribution in [0.2, 0.25) is 0 Å². The monoisotopic (exact) mass is 545 g/mol. The highest BCUT2D eigenvalue weighted by molar-refractivity contribution is 5.79. The maximum Gasteiger partial charge on any atom is 0.323 e. The average molecular weight is 546 g/mol. The molecule has 0 saturated carbocycles. The average Bonchev–Trinajstić information content (AvgIpc) is 3.29. The number of aromatic nitrogens is 6. The number of fused-ring (bicyclic) bond motifs is 1. The van der Waals surface area contributed by atoms with Crippen molar-refractivity contribution in [3.8, 4) is 17.4 Å². The first kappa shape index (κ1) is 26.8. The Kier molecular flexibility index (Phi) is 6.74. The van der Waals surface area contributed by atoms with Crippen LogP contribution >= 0.6 is 0 Å². The first-order valence-electron chi connectivity index (χ1n) is 12.9. The molecule has 2 aromatic carbocycles. The number of phenols is 1.